The van der Waals surface area contributed by atoms with Crippen LogP contribution in [-0.2, 0) is 14.1 Å². The lowest BCUT2D eigenvalue weighted by Gasteiger charge is -2.17. The summed E-state index contributed by atoms with van der Waals surface area (Å²) in [5.41, 5.74) is 0. The Morgan fingerprint density at radius 1 is 1.41 bits per heavy atom. The van der Waals surface area contributed by atoms with Crippen LogP contribution in [0.4, 0.5) is 0 Å². The molecule has 1 aromatic carbocycles. The average Bonchev–Trinajstić information content (AvgIpc) is 2.27. The van der Waals surface area contributed by atoms with Gasteiger partial charge in [-0.15, -0.1) is 0 Å². The van der Waals surface area contributed by atoms with E-state index in [1.165, 1.54) is 26.2 Å². The first-order valence-corrected chi connectivity index (χ1v) is 6.45. The number of benzene rings is 1. The first-order chi connectivity index (χ1) is 7.94. The second kappa shape index (κ2) is 5.82. The van der Waals surface area contributed by atoms with Gasteiger partial charge >= 0.3 is 13.7 Å². The molecule has 0 saturated carbocycles. The molecule has 0 aliphatic carbocycles. The van der Waals surface area contributed by atoms with E-state index in [0.717, 1.165) is 0 Å². The summed E-state index contributed by atoms with van der Waals surface area (Å²) < 4.78 is 20.9. The van der Waals surface area contributed by atoms with Crippen molar-refractivity contribution in [2.24, 2.45) is 0 Å². The Morgan fingerprint density at radius 3 is 2.53 bits per heavy atom. The second-order valence-electron chi connectivity index (χ2n) is 3.30. The van der Waals surface area contributed by atoms with Crippen molar-refractivity contribution in [1.82, 2.24) is 5.09 Å². The van der Waals surface area contributed by atoms with Crippen molar-refractivity contribution in [3.05, 3.63) is 30.3 Å². The molecule has 7 heteroatoms. The van der Waals surface area contributed by atoms with E-state index < -0.39 is 19.8 Å². The molecule has 0 saturated heterocycles. The summed E-state index contributed by atoms with van der Waals surface area (Å²) in [5, 5.41) is 2.17. The number of hydrogen-bond acceptors (Lipinski definition) is 4. The Balaban J connectivity index is 2.63. The molecule has 0 heterocycles. The summed E-state index contributed by atoms with van der Waals surface area (Å²) in [7, 11) is -2.89. The van der Waals surface area contributed by atoms with Crippen LogP contribution in [0.5, 0.6) is 5.75 Å². The number of carbonyl (C=O) groups is 1. The van der Waals surface area contributed by atoms with Crippen molar-refractivity contribution >= 4 is 13.7 Å². The molecule has 0 fully saturated rings. The van der Waals surface area contributed by atoms with Gasteiger partial charge in [-0.1, -0.05) is 18.2 Å². The normalized spacial score (nSPS) is 15.7. The maximum atomic E-state index is 11.6. The van der Waals surface area contributed by atoms with E-state index >= 15 is 0 Å². The molecule has 94 valence electrons. The van der Waals surface area contributed by atoms with Gasteiger partial charge in [-0.3, -0.25) is 4.79 Å². The predicted octanol–water partition coefficient (Wildman–Crippen LogP) is 1.32. The van der Waals surface area contributed by atoms with E-state index in [-0.39, 0.29) is 5.75 Å². The standard InChI is InChI=1S/C10H14NO5P/c1-8(10(12)15-2)11-17(13,14)16-9-6-4-3-5-7-9/h3-8H,1-2H3,(H2,11,13,14). The van der Waals surface area contributed by atoms with Crippen LogP contribution in [0.15, 0.2) is 30.3 Å². The van der Waals surface area contributed by atoms with E-state index in [0.29, 0.717) is 0 Å². The molecule has 0 aliphatic rings. The SMILES string of the molecule is COC(=O)C(C)NP(=O)(O)Oc1ccccc1. The van der Waals surface area contributed by atoms with Gasteiger partial charge in [-0.2, -0.15) is 5.09 Å². The number of rotatable bonds is 5. The summed E-state index contributed by atoms with van der Waals surface area (Å²) in [5.74, 6) is -0.404. The number of ether oxygens (including phenoxy) is 1. The number of para-hydroxylation sites is 1. The molecule has 0 bridgehead atoms. The van der Waals surface area contributed by atoms with Gasteiger partial charge in [0.2, 0.25) is 0 Å². The fourth-order valence-electron chi connectivity index (χ4n) is 1.12. The molecule has 0 aromatic heterocycles. The molecule has 2 N–H and O–H groups in total. The number of nitrogens with one attached hydrogen (secondary N) is 1. The second-order valence-corrected chi connectivity index (χ2v) is 4.78. The van der Waals surface area contributed by atoms with Crippen molar-refractivity contribution in [3.8, 4) is 5.75 Å². The van der Waals surface area contributed by atoms with Crippen molar-refractivity contribution < 1.29 is 23.5 Å². The largest absolute Gasteiger partial charge is 0.468 e. The Morgan fingerprint density at radius 2 is 2.00 bits per heavy atom. The lowest BCUT2D eigenvalue weighted by atomic mass is 10.3. The van der Waals surface area contributed by atoms with Crippen molar-refractivity contribution in [1.29, 1.82) is 0 Å². The summed E-state index contributed by atoms with van der Waals surface area (Å²) in [6.45, 7) is 1.41. The average molecular weight is 259 g/mol. The molecule has 0 spiro atoms. The lowest BCUT2D eigenvalue weighted by molar-refractivity contribution is -0.142. The highest BCUT2D eigenvalue weighted by Crippen LogP contribution is 2.38. The maximum absolute atomic E-state index is 11.6. The molecule has 0 radical (unpaired) electrons. The number of carbonyl (C=O) groups excluding carboxylic acids is 1. The van der Waals surface area contributed by atoms with Gasteiger partial charge in [-0.25, -0.2) is 4.57 Å². The number of hydrogen-bond donors (Lipinski definition) is 2. The summed E-state index contributed by atoms with van der Waals surface area (Å²) in [6.07, 6.45) is 0. The van der Waals surface area contributed by atoms with Gasteiger partial charge in [-0.05, 0) is 19.1 Å². The predicted molar refractivity (Wildman–Crippen MR) is 61.5 cm³/mol. The van der Waals surface area contributed by atoms with Gasteiger partial charge < -0.3 is 14.2 Å². The van der Waals surface area contributed by atoms with Crippen molar-refractivity contribution in [2.45, 2.75) is 13.0 Å². The minimum Gasteiger partial charge on any atom is -0.468 e. The fourth-order valence-corrected chi connectivity index (χ4v) is 2.18. The highest BCUT2D eigenvalue weighted by molar-refractivity contribution is 7.51. The van der Waals surface area contributed by atoms with Crippen LogP contribution in [-0.4, -0.2) is 24.0 Å². The van der Waals surface area contributed by atoms with Crippen LogP contribution in [0.25, 0.3) is 0 Å². The van der Waals surface area contributed by atoms with Gasteiger partial charge in [0.15, 0.2) is 0 Å². The van der Waals surface area contributed by atoms with E-state index in [4.69, 9.17) is 4.52 Å². The monoisotopic (exact) mass is 259 g/mol. The third-order valence-electron chi connectivity index (χ3n) is 1.88. The van der Waals surface area contributed by atoms with Gasteiger partial charge in [0.05, 0.1) is 7.11 Å². The van der Waals surface area contributed by atoms with Gasteiger partial charge in [0.25, 0.3) is 0 Å². The van der Waals surface area contributed by atoms with Crippen LogP contribution in [0.1, 0.15) is 6.92 Å². The molecule has 1 aromatic rings. The third kappa shape index (κ3) is 4.56. The van der Waals surface area contributed by atoms with E-state index in [1.807, 2.05) is 0 Å². The zero-order valence-corrected chi connectivity index (χ0v) is 10.4. The molecule has 1 rings (SSSR count). The van der Waals surface area contributed by atoms with Crippen LogP contribution in [0.3, 0.4) is 0 Å². The van der Waals surface area contributed by atoms with Crippen LogP contribution in [0, 0.1) is 0 Å². The number of esters is 1. The minimum absolute atomic E-state index is 0.239. The molecule has 2 atom stereocenters. The first-order valence-electron chi connectivity index (χ1n) is 4.87. The fraction of sp³-hybridized carbons (Fsp3) is 0.300. The summed E-state index contributed by atoms with van der Waals surface area (Å²) >= 11 is 0. The lowest BCUT2D eigenvalue weighted by Crippen LogP contribution is -2.33. The molecule has 0 amide bonds. The molecule has 17 heavy (non-hydrogen) atoms. The molecule has 6 nitrogen and oxygen atoms in total. The Bertz CT molecular complexity index is 422. The summed E-state index contributed by atoms with van der Waals surface area (Å²) in [6, 6.07) is 7.22. The third-order valence-corrected chi connectivity index (χ3v) is 3.06. The van der Waals surface area contributed by atoms with E-state index in [2.05, 4.69) is 9.82 Å². The highest BCUT2D eigenvalue weighted by atomic mass is 31.2. The number of methoxy groups -OCH3 is 1. The maximum Gasteiger partial charge on any atom is 0.456 e. The zero-order valence-electron chi connectivity index (χ0n) is 9.49. The molecular formula is C10H14NO5P. The topological polar surface area (TPSA) is 84.9 Å². The highest BCUT2D eigenvalue weighted by Gasteiger charge is 2.27. The smallest absolute Gasteiger partial charge is 0.456 e. The van der Waals surface area contributed by atoms with Gasteiger partial charge in [0, 0.05) is 0 Å². The van der Waals surface area contributed by atoms with Crippen LogP contribution in [0.2, 0.25) is 0 Å². The van der Waals surface area contributed by atoms with Crippen LogP contribution < -0.4 is 9.61 Å². The molecule has 2 unspecified atom stereocenters. The van der Waals surface area contributed by atoms with Gasteiger partial charge in [0.1, 0.15) is 11.8 Å². The zero-order chi connectivity index (χ0) is 12.9. The first kappa shape index (κ1) is 13.7. The van der Waals surface area contributed by atoms with Crippen molar-refractivity contribution in [2.75, 3.05) is 7.11 Å². The Labute approximate surface area is 99.1 Å². The molecular weight excluding hydrogens is 245 g/mol. The van der Waals surface area contributed by atoms with E-state index in [9.17, 15) is 14.3 Å². The minimum atomic E-state index is -4.09. The van der Waals surface area contributed by atoms with E-state index in [1.54, 1.807) is 18.2 Å². The quantitative estimate of drug-likeness (QED) is 0.612. The molecule has 0 aliphatic heterocycles. The van der Waals surface area contributed by atoms with Crippen molar-refractivity contribution in [3.63, 3.8) is 0 Å². The Kier molecular flexibility index (Phi) is 4.69. The van der Waals surface area contributed by atoms with Crippen LogP contribution >= 0.6 is 7.75 Å². The Hall–Kier alpha value is -1.36. The summed E-state index contributed by atoms with van der Waals surface area (Å²) in [4.78, 5) is 20.6.